The average Bonchev–Trinajstić information content (AvgIpc) is 3.05. The molecular formula is C16H21FN4OS. The first-order valence-corrected chi connectivity index (χ1v) is 8.60. The fourth-order valence-corrected chi connectivity index (χ4v) is 2.93. The molecule has 0 spiro atoms. The zero-order valence-electron chi connectivity index (χ0n) is 13.1. The summed E-state index contributed by atoms with van der Waals surface area (Å²) in [5, 5.41) is 2.86. The number of H-pyrrole nitrogens is 1. The van der Waals surface area contributed by atoms with E-state index in [-0.39, 0.29) is 11.8 Å². The Labute approximate surface area is 139 Å². The van der Waals surface area contributed by atoms with Gasteiger partial charge in [0, 0.05) is 31.7 Å². The average molecular weight is 336 g/mol. The molecule has 1 heterocycles. The number of benzene rings is 1. The van der Waals surface area contributed by atoms with Gasteiger partial charge in [-0.3, -0.25) is 0 Å². The number of carbonyl (C=O) groups is 1. The molecule has 1 aromatic heterocycles. The Morgan fingerprint density at radius 1 is 1.43 bits per heavy atom. The zero-order valence-corrected chi connectivity index (χ0v) is 13.9. The summed E-state index contributed by atoms with van der Waals surface area (Å²) in [5.41, 5.74) is 0.722. The smallest absolute Gasteiger partial charge is 0.317 e. The Morgan fingerprint density at radius 3 is 3.00 bits per heavy atom. The fourth-order valence-electron chi connectivity index (χ4n) is 1.98. The van der Waals surface area contributed by atoms with Crippen LogP contribution in [-0.2, 0) is 12.3 Å². The fraction of sp³-hybridized carbons (Fsp3) is 0.375. The van der Waals surface area contributed by atoms with Crippen molar-refractivity contribution < 1.29 is 9.18 Å². The van der Waals surface area contributed by atoms with E-state index in [4.69, 9.17) is 0 Å². The first-order chi connectivity index (χ1) is 11.2. The van der Waals surface area contributed by atoms with Crippen LogP contribution in [0.25, 0.3) is 0 Å². The zero-order chi connectivity index (χ0) is 16.5. The van der Waals surface area contributed by atoms with E-state index in [0.717, 1.165) is 23.6 Å². The van der Waals surface area contributed by atoms with Crippen LogP contribution in [0.3, 0.4) is 0 Å². The van der Waals surface area contributed by atoms with Gasteiger partial charge in [0.2, 0.25) is 0 Å². The highest BCUT2D eigenvalue weighted by molar-refractivity contribution is 7.98. The number of amides is 2. The molecule has 2 aromatic rings. The van der Waals surface area contributed by atoms with Gasteiger partial charge in [0.1, 0.15) is 11.6 Å². The summed E-state index contributed by atoms with van der Waals surface area (Å²) in [4.78, 5) is 20.5. The van der Waals surface area contributed by atoms with E-state index in [2.05, 4.69) is 15.3 Å². The monoisotopic (exact) mass is 336 g/mol. The van der Waals surface area contributed by atoms with Gasteiger partial charge >= 0.3 is 6.03 Å². The summed E-state index contributed by atoms with van der Waals surface area (Å²) >= 11 is 1.66. The highest BCUT2D eigenvalue weighted by atomic mass is 32.2. The molecule has 0 aliphatic carbocycles. The molecular weight excluding hydrogens is 315 g/mol. The number of carbonyl (C=O) groups excluding carboxylic acids is 1. The number of imidazole rings is 1. The number of hydrogen-bond acceptors (Lipinski definition) is 3. The van der Waals surface area contributed by atoms with E-state index in [1.165, 1.54) is 6.07 Å². The third-order valence-electron chi connectivity index (χ3n) is 3.25. The van der Waals surface area contributed by atoms with Crippen molar-refractivity contribution in [1.82, 2.24) is 20.2 Å². The SMILES string of the molecule is CN(Cc1ncc[nH]1)C(=O)NCCCSCc1ccccc1F. The summed E-state index contributed by atoms with van der Waals surface area (Å²) in [7, 11) is 1.73. The highest BCUT2D eigenvalue weighted by Gasteiger charge is 2.09. The molecule has 124 valence electrons. The van der Waals surface area contributed by atoms with Crippen molar-refractivity contribution in [2.45, 2.75) is 18.7 Å². The summed E-state index contributed by atoms with van der Waals surface area (Å²) in [5.74, 6) is 2.12. The number of halogens is 1. The first-order valence-electron chi connectivity index (χ1n) is 7.45. The Bertz CT molecular complexity index is 606. The predicted molar refractivity (Wildman–Crippen MR) is 90.6 cm³/mol. The molecule has 0 fully saturated rings. The van der Waals surface area contributed by atoms with Crippen molar-refractivity contribution >= 4 is 17.8 Å². The van der Waals surface area contributed by atoms with Crippen LogP contribution in [-0.4, -0.2) is 40.2 Å². The molecule has 0 aliphatic rings. The van der Waals surface area contributed by atoms with Crippen molar-refractivity contribution in [3.8, 4) is 0 Å². The lowest BCUT2D eigenvalue weighted by Crippen LogP contribution is -2.37. The second kappa shape index (κ2) is 9.19. The Balaban J connectivity index is 1.56. The Kier molecular flexibility index (Phi) is 6.93. The number of urea groups is 1. The van der Waals surface area contributed by atoms with Crippen LogP contribution in [0.2, 0.25) is 0 Å². The maximum Gasteiger partial charge on any atom is 0.317 e. The molecule has 0 saturated carbocycles. The molecule has 0 atom stereocenters. The van der Waals surface area contributed by atoms with Gasteiger partial charge in [0.15, 0.2) is 0 Å². The normalized spacial score (nSPS) is 10.5. The maximum atomic E-state index is 13.4. The maximum absolute atomic E-state index is 13.4. The molecule has 2 amide bonds. The van der Waals surface area contributed by atoms with E-state index < -0.39 is 0 Å². The minimum absolute atomic E-state index is 0.125. The van der Waals surface area contributed by atoms with Crippen LogP contribution >= 0.6 is 11.8 Å². The quantitative estimate of drug-likeness (QED) is 0.729. The third-order valence-corrected chi connectivity index (χ3v) is 4.34. The lowest BCUT2D eigenvalue weighted by atomic mass is 10.2. The second-order valence-electron chi connectivity index (χ2n) is 5.12. The van der Waals surface area contributed by atoms with Gasteiger partial charge in [-0.15, -0.1) is 0 Å². The van der Waals surface area contributed by atoms with Gasteiger partial charge < -0.3 is 15.2 Å². The van der Waals surface area contributed by atoms with Crippen molar-refractivity contribution in [2.24, 2.45) is 0 Å². The van der Waals surface area contributed by atoms with Gasteiger partial charge in [-0.25, -0.2) is 14.2 Å². The van der Waals surface area contributed by atoms with Crippen LogP contribution in [0.15, 0.2) is 36.7 Å². The lowest BCUT2D eigenvalue weighted by Gasteiger charge is -2.16. The number of thioether (sulfide) groups is 1. The van der Waals surface area contributed by atoms with Crippen molar-refractivity contribution in [2.75, 3.05) is 19.3 Å². The topological polar surface area (TPSA) is 61.0 Å². The molecule has 23 heavy (non-hydrogen) atoms. The largest absolute Gasteiger partial charge is 0.347 e. The van der Waals surface area contributed by atoms with Gasteiger partial charge in [-0.2, -0.15) is 11.8 Å². The molecule has 0 aliphatic heterocycles. The van der Waals surface area contributed by atoms with E-state index in [0.29, 0.717) is 18.8 Å². The van der Waals surface area contributed by atoms with Crippen LogP contribution < -0.4 is 5.32 Å². The summed E-state index contributed by atoms with van der Waals surface area (Å²) in [6.45, 7) is 1.05. The van der Waals surface area contributed by atoms with Crippen molar-refractivity contribution in [1.29, 1.82) is 0 Å². The molecule has 0 saturated heterocycles. The van der Waals surface area contributed by atoms with Crippen molar-refractivity contribution in [3.63, 3.8) is 0 Å². The number of hydrogen-bond donors (Lipinski definition) is 2. The minimum atomic E-state index is -0.159. The van der Waals surface area contributed by atoms with Gasteiger partial charge in [0.25, 0.3) is 0 Å². The van der Waals surface area contributed by atoms with Crippen molar-refractivity contribution in [3.05, 3.63) is 53.9 Å². The first kappa shape index (κ1) is 17.3. The molecule has 2 rings (SSSR count). The molecule has 2 N–H and O–H groups in total. The summed E-state index contributed by atoms with van der Waals surface area (Å²) in [6, 6.07) is 6.69. The molecule has 0 bridgehead atoms. The van der Waals surface area contributed by atoms with Crippen LogP contribution in [0, 0.1) is 5.82 Å². The van der Waals surface area contributed by atoms with Crippen LogP contribution in [0.4, 0.5) is 9.18 Å². The van der Waals surface area contributed by atoms with E-state index >= 15 is 0 Å². The van der Waals surface area contributed by atoms with Crippen LogP contribution in [0.1, 0.15) is 17.8 Å². The number of nitrogens with zero attached hydrogens (tertiary/aromatic N) is 2. The van der Waals surface area contributed by atoms with Gasteiger partial charge in [0.05, 0.1) is 6.54 Å². The van der Waals surface area contributed by atoms with Gasteiger partial charge in [-0.1, -0.05) is 18.2 Å². The Hall–Kier alpha value is -2.02. The molecule has 5 nitrogen and oxygen atoms in total. The third kappa shape index (κ3) is 5.94. The summed E-state index contributed by atoms with van der Waals surface area (Å²) in [6.07, 6.45) is 4.24. The highest BCUT2D eigenvalue weighted by Crippen LogP contribution is 2.15. The number of nitrogens with one attached hydrogen (secondary N) is 2. The molecule has 0 radical (unpaired) electrons. The molecule has 0 unspecified atom stereocenters. The molecule has 7 heteroatoms. The Morgan fingerprint density at radius 2 is 2.26 bits per heavy atom. The van der Waals surface area contributed by atoms with Crippen LogP contribution in [0.5, 0.6) is 0 Å². The predicted octanol–water partition coefficient (Wildman–Crippen LogP) is 3.01. The number of aromatic amines is 1. The standard InChI is InChI=1S/C16H21FN4OS/c1-21(11-15-18-8-9-19-15)16(22)20-7-4-10-23-12-13-5-2-3-6-14(13)17/h2-3,5-6,8-9H,4,7,10-12H2,1H3,(H,18,19)(H,20,22). The number of rotatable bonds is 8. The minimum Gasteiger partial charge on any atom is -0.347 e. The van der Waals surface area contributed by atoms with Gasteiger partial charge in [-0.05, 0) is 23.8 Å². The van der Waals surface area contributed by atoms with E-state index in [1.807, 2.05) is 6.07 Å². The van der Waals surface area contributed by atoms with E-state index in [9.17, 15) is 9.18 Å². The number of aromatic nitrogens is 2. The molecule has 1 aromatic carbocycles. The lowest BCUT2D eigenvalue weighted by molar-refractivity contribution is 0.206. The summed E-state index contributed by atoms with van der Waals surface area (Å²) < 4.78 is 13.4. The van der Waals surface area contributed by atoms with E-state index in [1.54, 1.807) is 48.2 Å². The second-order valence-corrected chi connectivity index (χ2v) is 6.23.